The van der Waals surface area contributed by atoms with E-state index in [9.17, 15) is 24.0 Å². The molecule has 0 radical (unpaired) electrons. The average Bonchev–Trinajstić information content (AvgIpc) is 2.88. The largest absolute Gasteiger partial charge is 0.466 e. The Morgan fingerprint density at radius 2 is 1.56 bits per heavy atom. The Labute approximate surface area is 243 Å². The number of nitrogens with two attached hydrogens (primary N) is 1. The van der Waals surface area contributed by atoms with E-state index in [0.717, 1.165) is 12.0 Å². The second-order valence-corrected chi connectivity index (χ2v) is 11.4. The molecule has 0 heterocycles. The topological polar surface area (TPSA) is 157 Å². The molecule has 4 amide bonds. The van der Waals surface area contributed by atoms with E-state index in [2.05, 4.69) is 10.6 Å². The molecule has 1 rings (SSSR count). The fourth-order valence-corrected chi connectivity index (χ4v) is 4.08. The lowest BCUT2D eigenvalue weighted by molar-refractivity contribution is -0.150. The number of amides is 4. The van der Waals surface area contributed by atoms with E-state index in [1.807, 2.05) is 39.8 Å². The zero-order valence-corrected chi connectivity index (χ0v) is 25.8. The number of nitrogens with zero attached hydrogens (tertiary/aromatic N) is 1. The second kappa shape index (κ2) is 16.0. The van der Waals surface area contributed by atoms with Crippen LogP contribution in [0.15, 0.2) is 24.3 Å². The third-order valence-electron chi connectivity index (χ3n) is 6.57. The van der Waals surface area contributed by atoms with Crippen LogP contribution in [0.1, 0.15) is 98.2 Å². The van der Waals surface area contributed by atoms with E-state index in [0.29, 0.717) is 12.0 Å². The van der Waals surface area contributed by atoms with E-state index in [1.54, 1.807) is 39.8 Å². The number of carbonyl (C=O) groups excluding carboxylic acids is 5. The van der Waals surface area contributed by atoms with Crippen molar-refractivity contribution < 1.29 is 33.4 Å². The van der Waals surface area contributed by atoms with E-state index in [4.69, 9.17) is 15.2 Å². The number of rotatable bonds is 15. The maximum atomic E-state index is 14.3. The van der Waals surface area contributed by atoms with Gasteiger partial charge in [-0.05, 0) is 71.9 Å². The smallest absolute Gasteiger partial charge is 0.408 e. The summed E-state index contributed by atoms with van der Waals surface area (Å²) < 4.78 is 10.3. The van der Waals surface area contributed by atoms with Crippen molar-refractivity contribution in [2.45, 2.75) is 111 Å². The van der Waals surface area contributed by atoms with Crippen molar-refractivity contribution in [3.63, 3.8) is 0 Å². The molecule has 11 heteroatoms. The molecule has 0 aliphatic carbocycles. The number of carbonyl (C=O) groups is 5. The van der Waals surface area contributed by atoms with Crippen LogP contribution < -0.4 is 16.4 Å². The van der Waals surface area contributed by atoms with Gasteiger partial charge in [-0.15, -0.1) is 0 Å². The van der Waals surface area contributed by atoms with E-state index in [1.165, 1.54) is 4.90 Å². The maximum absolute atomic E-state index is 14.3. The van der Waals surface area contributed by atoms with Crippen LogP contribution in [0.5, 0.6) is 0 Å². The summed E-state index contributed by atoms with van der Waals surface area (Å²) in [6, 6.07) is 5.05. The molecule has 11 nitrogen and oxygen atoms in total. The fraction of sp³-hybridized carbons (Fsp3) is 0.633. The minimum Gasteiger partial charge on any atom is -0.466 e. The number of alkyl carbamates (subject to hydrolysis) is 1. The third-order valence-corrected chi connectivity index (χ3v) is 6.57. The summed E-state index contributed by atoms with van der Waals surface area (Å²) in [5.74, 6) is -2.17. The van der Waals surface area contributed by atoms with Gasteiger partial charge in [0.25, 0.3) is 0 Å². The van der Waals surface area contributed by atoms with Crippen LogP contribution in [0.25, 0.3) is 0 Å². The molecule has 0 saturated carbocycles. The molecule has 1 aromatic rings. The Kier molecular flexibility index (Phi) is 13.8. The van der Waals surface area contributed by atoms with Crippen molar-refractivity contribution >= 4 is 29.8 Å². The Balaban J connectivity index is 3.59. The average molecular weight is 577 g/mol. The number of primary amides is 1. The quantitative estimate of drug-likeness (QED) is 0.270. The predicted molar refractivity (Wildman–Crippen MR) is 156 cm³/mol. The first-order valence-corrected chi connectivity index (χ1v) is 14.2. The number of aryl methyl sites for hydroxylation is 1. The van der Waals surface area contributed by atoms with Gasteiger partial charge in [0.1, 0.15) is 17.7 Å². The highest BCUT2D eigenvalue weighted by Gasteiger charge is 2.43. The van der Waals surface area contributed by atoms with Crippen LogP contribution in [0, 0.1) is 0 Å². The Morgan fingerprint density at radius 3 is 2.05 bits per heavy atom. The Morgan fingerprint density at radius 1 is 0.951 bits per heavy atom. The van der Waals surface area contributed by atoms with Gasteiger partial charge >= 0.3 is 12.1 Å². The van der Waals surface area contributed by atoms with Crippen molar-refractivity contribution in [1.82, 2.24) is 15.5 Å². The number of ether oxygens (including phenoxy) is 2. The van der Waals surface area contributed by atoms with Gasteiger partial charge in [-0.2, -0.15) is 0 Å². The van der Waals surface area contributed by atoms with E-state index in [-0.39, 0.29) is 32.4 Å². The monoisotopic (exact) mass is 576 g/mol. The second-order valence-electron chi connectivity index (χ2n) is 11.4. The van der Waals surface area contributed by atoms with Crippen molar-refractivity contribution in [2.24, 2.45) is 5.73 Å². The van der Waals surface area contributed by atoms with Gasteiger partial charge < -0.3 is 30.7 Å². The van der Waals surface area contributed by atoms with Gasteiger partial charge in [-0.25, -0.2) is 4.79 Å². The third kappa shape index (κ3) is 11.8. The molecule has 0 saturated heterocycles. The molecule has 230 valence electrons. The molecule has 1 aromatic carbocycles. The highest BCUT2D eigenvalue weighted by atomic mass is 16.6. The van der Waals surface area contributed by atoms with Gasteiger partial charge in [0.15, 0.2) is 0 Å². The number of hydrogen-bond acceptors (Lipinski definition) is 7. The zero-order valence-electron chi connectivity index (χ0n) is 25.8. The van der Waals surface area contributed by atoms with Gasteiger partial charge in [0.2, 0.25) is 17.7 Å². The van der Waals surface area contributed by atoms with Crippen LogP contribution >= 0.6 is 0 Å². The first kappa shape index (κ1) is 35.4. The van der Waals surface area contributed by atoms with E-state index < -0.39 is 53.0 Å². The SMILES string of the molecule is CCOC(=O)CCNC(=O)C(c1ccc(CC)cc1)N(C(=O)C(CCC(N)=O)NC(=O)OC(C)(C)C)C(C)(C)CC. The Hall–Kier alpha value is -3.63. The lowest BCUT2D eigenvalue weighted by Gasteiger charge is -2.44. The molecule has 0 aliphatic heterocycles. The molecular weight excluding hydrogens is 528 g/mol. The summed E-state index contributed by atoms with van der Waals surface area (Å²) in [7, 11) is 0. The summed E-state index contributed by atoms with van der Waals surface area (Å²) in [6.45, 7) is 14.5. The highest BCUT2D eigenvalue weighted by Crippen LogP contribution is 2.33. The van der Waals surface area contributed by atoms with Crippen LogP contribution in [0.2, 0.25) is 0 Å². The normalized spacial score (nSPS) is 13.0. The van der Waals surface area contributed by atoms with Gasteiger partial charge in [-0.3, -0.25) is 19.2 Å². The lowest BCUT2D eigenvalue weighted by atomic mass is 9.91. The van der Waals surface area contributed by atoms with Crippen LogP contribution in [-0.2, 0) is 35.1 Å². The molecule has 0 aromatic heterocycles. The number of esters is 1. The molecule has 2 unspecified atom stereocenters. The minimum atomic E-state index is -1.20. The van der Waals surface area contributed by atoms with Crippen LogP contribution in [0.4, 0.5) is 4.79 Å². The van der Waals surface area contributed by atoms with Crippen molar-refractivity contribution in [3.05, 3.63) is 35.4 Å². The van der Waals surface area contributed by atoms with E-state index >= 15 is 0 Å². The van der Waals surface area contributed by atoms with Gasteiger partial charge in [0.05, 0.1) is 13.0 Å². The summed E-state index contributed by atoms with van der Waals surface area (Å²) in [5.41, 5.74) is 5.28. The van der Waals surface area contributed by atoms with Crippen molar-refractivity contribution in [3.8, 4) is 0 Å². The lowest BCUT2D eigenvalue weighted by Crippen LogP contribution is -2.59. The highest BCUT2D eigenvalue weighted by molar-refractivity contribution is 5.93. The first-order valence-electron chi connectivity index (χ1n) is 14.2. The summed E-state index contributed by atoms with van der Waals surface area (Å²) in [4.78, 5) is 65.8. The van der Waals surface area contributed by atoms with Crippen molar-refractivity contribution in [2.75, 3.05) is 13.2 Å². The number of hydrogen-bond donors (Lipinski definition) is 3. The summed E-state index contributed by atoms with van der Waals surface area (Å²) >= 11 is 0. The molecule has 41 heavy (non-hydrogen) atoms. The zero-order chi connectivity index (χ0) is 31.4. The summed E-state index contributed by atoms with van der Waals surface area (Å²) in [6.07, 6.45) is 0.122. The first-order chi connectivity index (χ1) is 19.1. The number of nitrogens with one attached hydrogen (secondary N) is 2. The van der Waals surface area contributed by atoms with Gasteiger partial charge in [0, 0.05) is 18.5 Å². The van der Waals surface area contributed by atoms with Crippen LogP contribution in [-0.4, -0.2) is 65.0 Å². The molecule has 0 spiro atoms. The Bertz CT molecular complexity index is 1050. The summed E-state index contributed by atoms with van der Waals surface area (Å²) in [5, 5.41) is 5.36. The molecule has 0 fully saturated rings. The fourth-order valence-electron chi connectivity index (χ4n) is 4.08. The molecule has 0 aliphatic rings. The standard InChI is InChI=1S/C30H48N4O7/c1-9-20-12-14-21(15-13-20)25(26(37)32-19-18-24(36)40-11-3)34(30(7,8)10-2)27(38)22(16-17-23(31)35)33-28(39)41-29(4,5)6/h12-15,22,25H,9-11,16-19H2,1-8H3,(H2,31,35)(H,32,37)(H,33,39). The van der Waals surface area contributed by atoms with Crippen LogP contribution in [0.3, 0.4) is 0 Å². The molecule has 2 atom stereocenters. The van der Waals surface area contributed by atoms with Gasteiger partial charge in [-0.1, -0.05) is 38.1 Å². The predicted octanol–water partition coefficient (Wildman–Crippen LogP) is 3.54. The molecule has 0 bridgehead atoms. The molecular formula is C30H48N4O7. The maximum Gasteiger partial charge on any atom is 0.408 e. The minimum absolute atomic E-state index is 0.0110. The molecule has 4 N–H and O–H groups in total. The van der Waals surface area contributed by atoms with Crippen molar-refractivity contribution in [1.29, 1.82) is 0 Å². The number of benzene rings is 1.